The van der Waals surface area contributed by atoms with E-state index >= 15 is 0 Å². The van der Waals surface area contributed by atoms with Crippen molar-refractivity contribution in [1.82, 2.24) is 13.5 Å². The fourth-order valence-corrected chi connectivity index (χ4v) is 13.2. The first kappa shape index (κ1) is 46.3. The lowest BCUT2D eigenvalue weighted by Gasteiger charge is -2.37. The van der Waals surface area contributed by atoms with Gasteiger partial charge >= 0.3 is 10.1 Å². The van der Waals surface area contributed by atoms with Crippen molar-refractivity contribution < 1.29 is 39.0 Å². The van der Waals surface area contributed by atoms with E-state index < -0.39 is 41.0 Å². The third-order valence-corrected chi connectivity index (χ3v) is 17.9. The average molecular weight is 966 g/mol. The van der Waals surface area contributed by atoms with E-state index in [1.54, 1.807) is 53.4 Å². The Kier molecular flexibility index (Phi) is 13.7. The van der Waals surface area contributed by atoms with Crippen LogP contribution in [0.1, 0.15) is 44.1 Å². The number of anilines is 1. The molecule has 2 amide bonds. The molecule has 8 rings (SSSR count). The number of hydrogen-bond acceptors (Lipinski definition) is 9. The number of piperidine rings is 2. The lowest BCUT2D eigenvalue weighted by molar-refractivity contribution is -0.137. The van der Waals surface area contributed by atoms with E-state index in [-0.39, 0.29) is 50.5 Å². The summed E-state index contributed by atoms with van der Waals surface area (Å²) in [5.41, 5.74) is 0.758. The van der Waals surface area contributed by atoms with E-state index in [1.807, 2.05) is 29.2 Å². The van der Waals surface area contributed by atoms with Crippen LogP contribution in [0.5, 0.6) is 5.75 Å². The SMILES string of the molecule is CS(=O)(=O)Oc1ccc(N2CCC3(CCN(S(=O)(=O)c4ccccc4Cl)CC3)C2=O)cc1.O=C1N(CCc2ccc(Cl)cc2)CCC12CCN(S(=O)(=O)c1ccccc1Cl)CC2. The maximum absolute atomic E-state index is 13.3. The number of carbonyl (C=O) groups is 2. The number of carbonyl (C=O) groups excluding carboxylic acids is 2. The van der Waals surface area contributed by atoms with Crippen molar-refractivity contribution in [2.75, 3.05) is 57.0 Å². The molecular formula is C43H47Cl3N4O9S3. The number of amides is 2. The van der Waals surface area contributed by atoms with Gasteiger partial charge in [-0.25, -0.2) is 16.8 Å². The molecule has 4 aromatic carbocycles. The predicted octanol–water partition coefficient (Wildman–Crippen LogP) is 7.13. The van der Waals surface area contributed by atoms with Crippen molar-refractivity contribution in [2.45, 2.75) is 54.7 Å². The molecule has 4 aliphatic rings. The number of benzene rings is 4. The van der Waals surface area contributed by atoms with Gasteiger partial charge < -0.3 is 14.0 Å². The van der Waals surface area contributed by atoms with Crippen LogP contribution in [-0.2, 0) is 46.2 Å². The van der Waals surface area contributed by atoms with Gasteiger partial charge in [0.2, 0.25) is 31.9 Å². The Morgan fingerprint density at radius 2 is 1.02 bits per heavy atom. The number of halogens is 3. The maximum Gasteiger partial charge on any atom is 0.306 e. The smallest absolute Gasteiger partial charge is 0.306 e. The molecule has 4 aromatic rings. The highest BCUT2D eigenvalue weighted by Crippen LogP contribution is 2.45. The highest BCUT2D eigenvalue weighted by molar-refractivity contribution is 7.89. The summed E-state index contributed by atoms with van der Waals surface area (Å²) in [6.45, 7) is 3.08. The van der Waals surface area contributed by atoms with E-state index in [1.165, 1.54) is 32.9 Å². The third-order valence-electron chi connectivity index (χ3n) is 12.4. The highest BCUT2D eigenvalue weighted by Gasteiger charge is 2.51. The third kappa shape index (κ3) is 9.82. The van der Waals surface area contributed by atoms with Gasteiger partial charge in [-0.3, -0.25) is 9.59 Å². The maximum atomic E-state index is 13.3. The van der Waals surface area contributed by atoms with Crippen LogP contribution in [0.25, 0.3) is 0 Å². The average Bonchev–Trinajstić information content (AvgIpc) is 3.71. The van der Waals surface area contributed by atoms with Crippen molar-refractivity contribution in [3.05, 3.63) is 118 Å². The molecule has 0 radical (unpaired) electrons. The lowest BCUT2D eigenvalue weighted by Crippen LogP contribution is -2.46. The quantitative estimate of drug-likeness (QED) is 0.151. The first-order valence-corrected chi connectivity index (χ1v) is 26.0. The second kappa shape index (κ2) is 18.4. The summed E-state index contributed by atoms with van der Waals surface area (Å²) in [6.07, 6.45) is 5.13. The van der Waals surface area contributed by atoms with Crippen molar-refractivity contribution in [3.8, 4) is 5.75 Å². The fourth-order valence-electron chi connectivity index (χ4n) is 8.77. The Bertz CT molecular complexity index is 2640. The Labute approximate surface area is 378 Å². The van der Waals surface area contributed by atoms with Gasteiger partial charge in [-0.05, 0) is 111 Å². The van der Waals surface area contributed by atoms with Crippen molar-refractivity contribution in [3.63, 3.8) is 0 Å². The van der Waals surface area contributed by atoms with E-state index in [9.17, 15) is 34.8 Å². The number of likely N-dealkylation sites (tertiary alicyclic amines) is 1. The molecule has 2 spiro atoms. The number of sulfonamides is 2. The molecule has 4 fully saturated rings. The molecule has 4 saturated heterocycles. The van der Waals surface area contributed by atoms with Crippen molar-refractivity contribution in [2.24, 2.45) is 10.8 Å². The van der Waals surface area contributed by atoms with Crippen molar-refractivity contribution in [1.29, 1.82) is 0 Å². The van der Waals surface area contributed by atoms with E-state index in [4.69, 9.17) is 39.0 Å². The Morgan fingerprint density at radius 1 is 0.565 bits per heavy atom. The summed E-state index contributed by atoms with van der Waals surface area (Å²) in [4.78, 5) is 30.2. The second-order valence-electron chi connectivity index (χ2n) is 16.1. The molecule has 4 aliphatic heterocycles. The Balaban J connectivity index is 0.000000187. The molecule has 0 bridgehead atoms. The zero-order valence-electron chi connectivity index (χ0n) is 34.0. The highest BCUT2D eigenvalue weighted by atomic mass is 35.5. The minimum atomic E-state index is -3.73. The molecule has 19 heteroatoms. The minimum Gasteiger partial charge on any atom is -0.383 e. The van der Waals surface area contributed by atoms with Gasteiger partial charge in [-0.15, -0.1) is 0 Å². The zero-order valence-corrected chi connectivity index (χ0v) is 38.7. The van der Waals surface area contributed by atoms with Gasteiger partial charge in [0.25, 0.3) is 0 Å². The molecule has 0 aromatic heterocycles. The Morgan fingerprint density at radius 3 is 1.50 bits per heavy atom. The second-order valence-corrected chi connectivity index (χ2v) is 22.8. The van der Waals surface area contributed by atoms with Gasteiger partial charge in [0.1, 0.15) is 15.5 Å². The lowest BCUT2D eigenvalue weighted by atomic mass is 9.77. The van der Waals surface area contributed by atoms with Gasteiger partial charge in [0.15, 0.2) is 0 Å². The molecule has 4 heterocycles. The molecule has 0 aliphatic carbocycles. The summed E-state index contributed by atoms with van der Waals surface area (Å²) in [6, 6.07) is 26.8. The normalized spacial score (nSPS) is 19.5. The van der Waals surface area contributed by atoms with Crippen LogP contribution in [0.3, 0.4) is 0 Å². The molecular weight excluding hydrogens is 919 g/mol. The summed E-state index contributed by atoms with van der Waals surface area (Å²) in [5, 5.41) is 1.11. The predicted molar refractivity (Wildman–Crippen MR) is 239 cm³/mol. The van der Waals surface area contributed by atoms with Gasteiger partial charge in [-0.1, -0.05) is 71.2 Å². The largest absolute Gasteiger partial charge is 0.383 e. The van der Waals surface area contributed by atoms with Crippen LogP contribution in [0.15, 0.2) is 107 Å². The fraction of sp³-hybridized carbons (Fsp3) is 0.395. The molecule has 0 unspecified atom stereocenters. The first-order valence-electron chi connectivity index (χ1n) is 20.2. The summed E-state index contributed by atoms with van der Waals surface area (Å²) in [7, 11) is -11.0. The molecule has 332 valence electrons. The summed E-state index contributed by atoms with van der Waals surface area (Å²) < 4.78 is 82.2. The number of hydrogen-bond donors (Lipinski definition) is 0. The number of nitrogens with zero attached hydrogens (tertiary/aromatic N) is 4. The standard InChI is InChI=1S/C22H24Cl2N2O3S.C21H23ClN2O6S2/c23-18-7-5-17(6-8-18)9-13-25-14-10-22(21(25)27)11-15-26(16-12-22)30(28,29)20-4-2-1-3-19(20)24;1-31(26,27)30-17-8-6-16(7-9-17)24-15-12-21(20(24)25)10-13-23(14-11-21)32(28,29)19-5-3-2-4-18(19)22/h1-8H,9-16H2;2-9H,10-15H2,1H3. The molecule has 0 atom stereocenters. The summed E-state index contributed by atoms with van der Waals surface area (Å²) in [5.74, 6) is 0.297. The first-order chi connectivity index (χ1) is 29.3. The minimum absolute atomic E-state index is 0.0379. The monoisotopic (exact) mass is 964 g/mol. The Hall–Kier alpha value is -3.74. The van der Waals surface area contributed by atoms with Crippen LogP contribution < -0.4 is 9.08 Å². The van der Waals surface area contributed by atoms with E-state index in [2.05, 4.69) is 0 Å². The summed E-state index contributed by atoms with van der Waals surface area (Å²) >= 11 is 18.1. The van der Waals surface area contributed by atoms with E-state index in [0.29, 0.717) is 69.0 Å². The van der Waals surface area contributed by atoms with Crippen molar-refractivity contribution >= 4 is 82.5 Å². The molecule has 62 heavy (non-hydrogen) atoms. The molecule has 0 N–H and O–H groups in total. The van der Waals surface area contributed by atoms with Crippen LogP contribution in [0.4, 0.5) is 5.69 Å². The van der Waals surface area contributed by atoms with Crippen LogP contribution >= 0.6 is 34.8 Å². The van der Waals surface area contributed by atoms with Gasteiger partial charge in [0, 0.05) is 56.5 Å². The number of rotatable bonds is 10. The zero-order chi connectivity index (χ0) is 44.5. The van der Waals surface area contributed by atoms with Crippen LogP contribution in [0, 0.1) is 10.8 Å². The van der Waals surface area contributed by atoms with Gasteiger partial charge in [0.05, 0.1) is 27.1 Å². The molecule has 13 nitrogen and oxygen atoms in total. The van der Waals surface area contributed by atoms with Crippen LogP contribution in [-0.4, -0.2) is 103 Å². The van der Waals surface area contributed by atoms with E-state index in [0.717, 1.165) is 31.2 Å². The topological polar surface area (TPSA) is 159 Å². The van der Waals surface area contributed by atoms with Gasteiger partial charge in [-0.2, -0.15) is 17.0 Å². The van der Waals surface area contributed by atoms with Crippen LogP contribution in [0.2, 0.25) is 15.1 Å². The molecule has 0 saturated carbocycles.